The fourth-order valence-corrected chi connectivity index (χ4v) is 2.86. The minimum Gasteiger partial charge on any atom is -0.358 e. The van der Waals surface area contributed by atoms with Crippen LogP contribution in [0.15, 0.2) is 6.07 Å². The van der Waals surface area contributed by atoms with E-state index in [1.54, 1.807) is 25.4 Å². The molecule has 2 N–H and O–H groups in total. The summed E-state index contributed by atoms with van der Waals surface area (Å²) in [4.78, 5) is 24.5. The first-order chi connectivity index (χ1) is 9.58. The van der Waals surface area contributed by atoms with Crippen molar-refractivity contribution in [2.45, 2.75) is 13.3 Å². The number of likely N-dealkylation sites (N-methyl/N-ethyl adjacent to an activating group) is 2. The maximum absolute atomic E-state index is 11.5. The molecular formula is C13H19N5OS. The second-order valence-corrected chi connectivity index (χ2v) is 5.55. The Labute approximate surface area is 122 Å². The average Bonchev–Trinajstić information content (AvgIpc) is 2.88. The Balaban J connectivity index is 2.48. The molecule has 2 heterocycles. The largest absolute Gasteiger partial charge is 0.358 e. The van der Waals surface area contributed by atoms with E-state index in [1.807, 2.05) is 11.9 Å². The Bertz CT molecular complexity index is 624. The average molecular weight is 293 g/mol. The zero-order chi connectivity index (χ0) is 14.7. The summed E-state index contributed by atoms with van der Waals surface area (Å²) in [5.74, 6) is 1.30. The summed E-state index contributed by atoms with van der Waals surface area (Å²) in [5.41, 5.74) is 0. The van der Waals surface area contributed by atoms with Gasteiger partial charge in [-0.25, -0.2) is 4.98 Å². The Morgan fingerprint density at radius 2 is 2.15 bits per heavy atom. The van der Waals surface area contributed by atoms with Gasteiger partial charge in [-0.2, -0.15) is 4.98 Å². The molecule has 0 atom stereocenters. The first-order valence-corrected chi connectivity index (χ1v) is 7.30. The van der Waals surface area contributed by atoms with E-state index in [0.29, 0.717) is 5.95 Å². The molecule has 0 aromatic carbocycles. The molecule has 108 valence electrons. The van der Waals surface area contributed by atoms with Crippen LogP contribution in [0.25, 0.3) is 10.2 Å². The molecule has 0 fully saturated rings. The second kappa shape index (κ2) is 6.04. The minimum atomic E-state index is -0.0452. The van der Waals surface area contributed by atoms with Crippen molar-refractivity contribution in [3.63, 3.8) is 0 Å². The van der Waals surface area contributed by atoms with E-state index >= 15 is 0 Å². The van der Waals surface area contributed by atoms with Crippen LogP contribution in [0.5, 0.6) is 0 Å². The van der Waals surface area contributed by atoms with Crippen molar-refractivity contribution in [1.82, 2.24) is 15.3 Å². The third-order valence-electron chi connectivity index (χ3n) is 3.02. The van der Waals surface area contributed by atoms with Crippen LogP contribution in [0.1, 0.15) is 11.8 Å². The lowest BCUT2D eigenvalue weighted by Gasteiger charge is -2.18. The number of aryl methyl sites for hydroxylation is 1. The van der Waals surface area contributed by atoms with Crippen molar-refractivity contribution in [2.24, 2.45) is 0 Å². The molecule has 0 saturated heterocycles. The van der Waals surface area contributed by atoms with Crippen molar-refractivity contribution in [3.05, 3.63) is 10.9 Å². The summed E-state index contributed by atoms with van der Waals surface area (Å²) in [6.07, 6.45) is 0.967. The van der Waals surface area contributed by atoms with E-state index in [2.05, 4.69) is 33.6 Å². The Hall–Kier alpha value is -1.89. The van der Waals surface area contributed by atoms with Gasteiger partial charge < -0.3 is 15.5 Å². The normalized spacial score (nSPS) is 10.6. The number of nitrogens with one attached hydrogen (secondary N) is 2. The lowest BCUT2D eigenvalue weighted by Crippen LogP contribution is -2.33. The zero-order valence-electron chi connectivity index (χ0n) is 12.1. The number of nitrogens with zero attached hydrogens (tertiary/aromatic N) is 3. The highest BCUT2D eigenvalue weighted by molar-refractivity contribution is 7.18. The molecule has 0 aliphatic carbocycles. The zero-order valence-corrected chi connectivity index (χ0v) is 13.0. The van der Waals surface area contributed by atoms with Gasteiger partial charge in [0.05, 0.1) is 11.9 Å². The Morgan fingerprint density at radius 3 is 2.75 bits per heavy atom. The van der Waals surface area contributed by atoms with Crippen molar-refractivity contribution in [3.8, 4) is 0 Å². The molecule has 0 radical (unpaired) electrons. The van der Waals surface area contributed by atoms with Gasteiger partial charge in [-0.15, -0.1) is 11.3 Å². The number of fused-ring (bicyclic) bond motifs is 1. The number of hydrogen-bond donors (Lipinski definition) is 2. The maximum atomic E-state index is 11.5. The molecule has 7 heteroatoms. The number of thiophene rings is 1. The highest BCUT2D eigenvalue weighted by Gasteiger charge is 2.15. The van der Waals surface area contributed by atoms with Crippen LogP contribution in [-0.2, 0) is 11.2 Å². The van der Waals surface area contributed by atoms with E-state index in [4.69, 9.17) is 0 Å². The maximum Gasteiger partial charge on any atom is 0.239 e. The molecule has 0 bridgehead atoms. The first-order valence-electron chi connectivity index (χ1n) is 6.49. The third kappa shape index (κ3) is 2.82. The van der Waals surface area contributed by atoms with Crippen molar-refractivity contribution in [2.75, 3.05) is 37.9 Å². The molecule has 2 rings (SSSR count). The molecule has 0 saturated carbocycles. The number of aromatic nitrogens is 2. The minimum absolute atomic E-state index is 0.0452. The number of anilines is 2. The predicted molar refractivity (Wildman–Crippen MR) is 83.7 cm³/mol. The highest BCUT2D eigenvalue weighted by atomic mass is 32.1. The lowest BCUT2D eigenvalue weighted by molar-refractivity contribution is -0.119. The van der Waals surface area contributed by atoms with Gasteiger partial charge in [-0.3, -0.25) is 4.79 Å². The van der Waals surface area contributed by atoms with E-state index in [-0.39, 0.29) is 12.5 Å². The van der Waals surface area contributed by atoms with E-state index in [1.165, 1.54) is 4.88 Å². The molecule has 2 aromatic rings. The van der Waals surface area contributed by atoms with Crippen LogP contribution < -0.4 is 15.5 Å². The summed E-state index contributed by atoms with van der Waals surface area (Å²) in [7, 11) is 5.28. The topological polar surface area (TPSA) is 70.2 Å². The Morgan fingerprint density at radius 1 is 1.40 bits per heavy atom. The van der Waals surface area contributed by atoms with Crippen molar-refractivity contribution < 1.29 is 4.79 Å². The molecule has 0 aliphatic heterocycles. The van der Waals surface area contributed by atoms with E-state index in [0.717, 1.165) is 22.5 Å². The van der Waals surface area contributed by atoms with Gasteiger partial charge in [0.1, 0.15) is 10.6 Å². The van der Waals surface area contributed by atoms with Crippen LogP contribution in [0.4, 0.5) is 11.8 Å². The van der Waals surface area contributed by atoms with Crippen molar-refractivity contribution >= 4 is 39.2 Å². The quantitative estimate of drug-likeness (QED) is 0.874. The number of carbonyl (C=O) groups is 1. The van der Waals surface area contributed by atoms with E-state index < -0.39 is 0 Å². The third-order valence-corrected chi connectivity index (χ3v) is 4.19. The SMILES string of the molecule is CCc1cc2c(N(C)CC(=O)NC)nc(NC)nc2s1. The molecule has 6 nitrogen and oxygen atoms in total. The number of amides is 1. The predicted octanol–water partition coefficient (Wildman–Crippen LogP) is 1.48. The fourth-order valence-electron chi connectivity index (χ4n) is 1.90. The fraction of sp³-hybridized carbons (Fsp3) is 0.462. The van der Waals surface area contributed by atoms with Gasteiger partial charge in [0.25, 0.3) is 0 Å². The van der Waals surface area contributed by atoms with Crippen LogP contribution in [0.2, 0.25) is 0 Å². The number of carbonyl (C=O) groups excluding carboxylic acids is 1. The highest BCUT2D eigenvalue weighted by Crippen LogP contribution is 2.31. The van der Waals surface area contributed by atoms with Gasteiger partial charge in [0.15, 0.2) is 0 Å². The van der Waals surface area contributed by atoms with E-state index in [9.17, 15) is 4.79 Å². The van der Waals surface area contributed by atoms with Gasteiger partial charge in [0, 0.05) is 26.0 Å². The van der Waals surface area contributed by atoms with Crippen LogP contribution in [0, 0.1) is 0 Å². The standard InChI is InChI=1S/C13H19N5OS/c1-5-8-6-9-11(18(4)7-10(19)14-2)16-13(15-3)17-12(9)20-8/h6H,5,7H2,1-4H3,(H,14,19)(H,15,16,17). The van der Waals surface area contributed by atoms with Gasteiger partial charge in [0.2, 0.25) is 11.9 Å². The summed E-state index contributed by atoms with van der Waals surface area (Å²) in [5, 5.41) is 6.59. The molecular weight excluding hydrogens is 274 g/mol. The van der Waals surface area contributed by atoms with Crippen molar-refractivity contribution in [1.29, 1.82) is 0 Å². The summed E-state index contributed by atoms with van der Waals surface area (Å²) in [6, 6.07) is 2.11. The molecule has 1 amide bonds. The summed E-state index contributed by atoms with van der Waals surface area (Å²) in [6.45, 7) is 2.38. The first kappa shape index (κ1) is 14.5. The molecule has 2 aromatic heterocycles. The summed E-state index contributed by atoms with van der Waals surface area (Å²) >= 11 is 1.66. The van der Waals surface area contributed by atoms with Crippen LogP contribution in [0.3, 0.4) is 0 Å². The molecule has 20 heavy (non-hydrogen) atoms. The molecule has 0 spiro atoms. The monoisotopic (exact) mass is 293 g/mol. The smallest absolute Gasteiger partial charge is 0.239 e. The van der Waals surface area contributed by atoms with Crippen LogP contribution >= 0.6 is 11.3 Å². The summed E-state index contributed by atoms with van der Waals surface area (Å²) < 4.78 is 0. The van der Waals surface area contributed by atoms with Crippen LogP contribution in [-0.4, -0.2) is 43.6 Å². The Kier molecular flexibility index (Phi) is 4.39. The van der Waals surface area contributed by atoms with Gasteiger partial charge >= 0.3 is 0 Å². The second-order valence-electron chi connectivity index (χ2n) is 4.44. The number of hydrogen-bond acceptors (Lipinski definition) is 6. The molecule has 0 unspecified atom stereocenters. The number of rotatable bonds is 5. The van der Waals surface area contributed by atoms with Gasteiger partial charge in [-0.1, -0.05) is 6.92 Å². The lowest BCUT2D eigenvalue weighted by atomic mass is 10.3. The molecule has 0 aliphatic rings. The van der Waals surface area contributed by atoms with Gasteiger partial charge in [-0.05, 0) is 12.5 Å².